The second-order valence-electron chi connectivity index (χ2n) is 2.05. The number of allylic oxidation sites excluding steroid dienone is 3. The Balaban J connectivity index is 3.51. The molecule has 0 amide bonds. The minimum atomic E-state index is 0.143. The SMILES string of the molecule is C/C=C/C=C/C(=O)SCCC. The molecule has 0 saturated heterocycles. The van der Waals surface area contributed by atoms with Gasteiger partial charge in [-0.1, -0.05) is 36.9 Å². The molecule has 0 aliphatic heterocycles. The Bertz CT molecular complexity index is 159. The molecule has 0 atom stereocenters. The van der Waals surface area contributed by atoms with Gasteiger partial charge in [-0.15, -0.1) is 0 Å². The number of carbonyl (C=O) groups is 1. The fourth-order valence-electron chi connectivity index (χ4n) is 0.496. The number of carbonyl (C=O) groups excluding carboxylic acids is 1. The van der Waals surface area contributed by atoms with E-state index in [2.05, 4.69) is 6.92 Å². The Morgan fingerprint density at radius 1 is 1.45 bits per heavy atom. The van der Waals surface area contributed by atoms with Gasteiger partial charge >= 0.3 is 0 Å². The molecule has 62 valence electrons. The van der Waals surface area contributed by atoms with Crippen molar-refractivity contribution in [1.29, 1.82) is 0 Å². The molecule has 11 heavy (non-hydrogen) atoms. The smallest absolute Gasteiger partial charge is 0.212 e. The monoisotopic (exact) mass is 170 g/mol. The summed E-state index contributed by atoms with van der Waals surface area (Å²) in [4.78, 5) is 10.9. The van der Waals surface area contributed by atoms with Gasteiger partial charge in [0, 0.05) is 5.75 Å². The second kappa shape index (κ2) is 7.61. The van der Waals surface area contributed by atoms with E-state index in [0.29, 0.717) is 0 Å². The van der Waals surface area contributed by atoms with Crippen molar-refractivity contribution in [2.24, 2.45) is 0 Å². The van der Waals surface area contributed by atoms with E-state index in [0.717, 1.165) is 12.2 Å². The minimum Gasteiger partial charge on any atom is -0.282 e. The summed E-state index contributed by atoms with van der Waals surface area (Å²) in [5, 5.41) is 0.143. The Morgan fingerprint density at radius 2 is 2.18 bits per heavy atom. The van der Waals surface area contributed by atoms with Crippen molar-refractivity contribution in [3.05, 3.63) is 24.3 Å². The van der Waals surface area contributed by atoms with Crippen LogP contribution in [0.2, 0.25) is 0 Å². The summed E-state index contributed by atoms with van der Waals surface area (Å²) in [7, 11) is 0. The van der Waals surface area contributed by atoms with Crippen LogP contribution in [-0.4, -0.2) is 10.9 Å². The van der Waals surface area contributed by atoms with Crippen LogP contribution in [0.15, 0.2) is 24.3 Å². The zero-order valence-electron chi connectivity index (χ0n) is 7.04. The number of rotatable bonds is 4. The molecule has 0 rings (SSSR count). The predicted molar refractivity (Wildman–Crippen MR) is 51.7 cm³/mol. The van der Waals surface area contributed by atoms with E-state index < -0.39 is 0 Å². The predicted octanol–water partition coefficient (Wildman–Crippen LogP) is 2.79. The van der Waals surface area contributed by atoms with E-state index in [1.807, 2.05) is 19.1 Å². The number of thioether (sulfide) groups is 1. The van der Waals surface area contributed by atoms with E-state index in [9.17, 15) is 4.79 Å². The lowest BCUT2D eigenvalue weighted by atomic mass is 10.4. The quantitative estimate of drug-likeness (QED) is 0.476. The van der Waals surface area contributed by atoms with Gasteiger partial charge in [0.25, 0.3) is 0 Å². The molecule has 1 nitrogen and oxygen atoms in total. The Kier molecular flexibility index (Phi) is 7.26. The van der Waals surface area contributed by atoms with Crippen LogP contribution in [0, 0.1) is 0 Å². The highest BCUT2D eigenvalue weighted by molar-refractivity contribution is 8.14. The van der Waals surface area contributed by atoms with Crippen LogP contribution in [0.3, 0.4) is 0 Å². The van der Waals surface area contributed by atoms with Crippen LogP contribution in [0.4, 0.5) is 0 Å². The molecular weight excluding hydrogens is 156 g/mol. The van der Waals surface area contributed by atoms with Gasteiger partial charge in [-0.25, -0.2) is 0 Å². The maximum Gasteiger partial charge on any atom is 0.212 e. The largest absolute Gasteiger partial charge is 0.282 e. The van der Waals surface area contributed by atoms with E-state index in [1.165, 1.54) is 11.8 Å². The fourth-order valence-corrected chi connectivity index (χ4v) is 1.08. The van der Waals surface area contributed by atoms with Crippen LogP contribution in [-0.2, 0) is 4.79 Å². The minimum absolute atomic E-state index is 0.143. The highest BCUT2D eigenvalue weighted by Crippen LogP contribution is 2.04. The van der Waals surface area contributed by atoms with E-state index >= 15 is 0 Å². The molecule has 2 heteroatoms. The first-order chi connectivity index (χ1) is 5.31. The maximum absolute atomic E-state index is 10.9. The van der Waals surface area contributed by atoms with Crippen molar-refractivity contribution in [3.63, 3.8) is 0 Å². The molecule has 0 heterocycles. The topological polar surface area (TPSA) is 17.1 Å². The summed E-state index contributed by atoms with van der Waals surface area (Å²) < 4.78 is 0. The third-order valence-electron chi connectivity index (χ3n) is 0.984. The first-order valence-corrected chi connectivity index (χ1v) is 4.76. The highest BCUT2D eigenvalue weighted by Gasteiger charge is 1.92. The normalized spacial score (nSPS) is 11.5. The molecule has 0 aromatic carbocycles. The summed E-state index contributed by atoms with van der Waals surface area (Å²) in [6.45, 7) is 3.99. The third kappa shape index (κ3) is 7.40. The van der Waals surface area contributed by atoms with Crippen molar-refractivity contribution in [1.82, 2.24) is 0 Å². The summed E-state index contributed by atoms with van der Waals surface area (Å²) in [5.41, 5.74) is 0. The zero-order chi connectivity index (χ0) is 8.53. The van der Waals surface area contributed by atoms with Crippen molar-refractivity contribution in [3.8, 4) is 0 Å². The summed E-state index contributed by atoms with van der Waals surface area (Å²) in [5.74, 6) is 0.916. The van der Waals surface area contributed by atoms with Crippen LogP contribution in [0.1, 0.15) is 20.3 Å². The van der Waals surface area contributed by atoms with Gasteiger partial charge < -0.3 is 0 Å². The van der Waals surface area contributed by atoms with Crippen LogP contribution >= 0.6 is 11.8 Å². The van der Waals surface area contributed by atoms with Gasteiger partial charge in [-0.05, 0) is 19.4 Å². The summed E-state index contributed by atoms with van der Waals surface area (Å²) in [6, 6.07) is 0. The van der Waals surface area contributed by atoms with Gasteiger partial charge in [0.05, 0.1) is 0 Å². The average Bonchev–Trinajstić information content (AvgIpc) is 2.01. The lowest BCUT2D eigenvalue weighted by Gasteiger charge is -1.89. The molecule has 0 N–H and O–H groups in total. The standard InChI is InChI=1S/C9H14OS/c1-3-5-6-7-9(10)11-8-4-2/h3,5-7H,4,8H2,1-2H3/b5-3+,7-6+. The van der Waals surface area contributed by atoms with E-state index in [4.69, 9.17) is 0 Å². The van der Waals surface area contributed by atoms with Crippen molar-refractivity contribution < 1.29 is 4.79 Å². The molecule has 0 spiro atoms. The molecule has 0 fully saturated rings. The second-order valence-corrected chi connectivity index (χ2v) is 3.15. The van der Waals surface area contributed by atoms with Gasteiger partial charge in [0.1, 0.15) is 0 Å². The van der Waals surface area contributed by atoms with Gasteiger partial charge in [0.15, 0.2) is 0 Å². The van der Waals surface area contributed by atoms with Crippen molar-refractivity contribution in [2.45, 2.75) is 20.3 Å². The number of hydrogen-bond acceptors (Lipinski definition) is 2. The molecule has 0 aliphatic carbocycles. The van der Waals surface area contributed by atoms with Crippen molar-refractivity contribution in [2.75, 3.05) is 5.75 Å². The molecule has 0 radical (unpaired) electrons. The van der Waals surface area contributed by atoms with Crippen LogP contribution in [0.25, 0.3) is 0 Å². The molecule has 0 saturated carbocycles. The molecule has 0 aromatic heterocycles. The van der Waals surface area contributed by atoms with Crippen LogP contribution in [0.5, 0.6) is 0 Å². The van der Waals surface area contributed by atoms with Crippen molar-refractivity contribution >= 4 is 16.9 Å². The summed E-state index contributed by atoms with van der Waals surface area (Å²) in [6.07, 6.45) is 8.16. The summed E-state index contributed by atoms with van der Waals surface area (Å²) >= 11 is 1.37. The Hall–Kier alpha value is -0.500. The molecular formula is C9H14OS. The third-order valence-corrected chi connectivity index (χ3v) is 2.02. The molecule has 0 bridgehead atoms. The van der Waals surface area contributed by atoms with Crippen LogP contribution < -0.4 is 0 Å². The van der Waals surface area contributed by atoms with Gasteiger partial charge in [-0.3, -0.25) is 4.79 Å². The Morgan fingerprint density at radius 3 is 2.73 bits per heavy atom. The molecule has 0 aromatic rings. The van der Waals surface area contributed by atoms with Gasteiger partial charge in [0.2, 0.25) is 5.12 Å². The lowest BCUT2D eigenvalue weighted by molar-refractivity contribution is -0.107. The first kappa shape index (κ1) is 10.5. The van der Waals surface area contributed by atoms with E-state index in [1.54, 1.807) is 12.2 Å². The van der Waals surface area contributed by atoms with Gasteiger partial charge in [-0.2, -0.15) is 0 Å². The molecule has 0 unspecified atom stereocenters. The first-order valence-electron chi connectivity index (χ1n) is 3.77. The van der Waals surface area contributed by atoms with E-state index in [-0.39, 0.29) is 5.12 Å². The molecule has 0 aliphatic rings. The maximum atomic E-state index is 10.9. The number of hydrogen-bond donors (Lipinski definition) is 0. The average molecular weight is 170 g/mol. The lowest BCUT2D eigenvalue weighted by Crippen LogP contribution is -1.85. The Labute approximate surface area is 72.6 Å². The zero-order valence-corrected chi connectivity index (χ0v) is 7.86. The fraction of sp³-hybridized carbons (Fsp3) is 0.444. The highest BCUT2D eigenvalue weighted by atomic mass is 32.2.